The van der Waals surface area contributed by atoms with E-state index in [2.05, 4.69) is 19.8 Å². The Kier molecular flexibility index (Phi) is 5.20. The van der Waals surface area contributed by atoms with Crippen molar-refractivity contribution < 1.29 is 17.7 Å². The van der Waals surface area contributed by atoms with Gasteiger partial charge >= 0.3 is 0 Å². The number of rotatable bonds is 5. The Morgan fingerprint density at radius 3 is 2.54 bits per heavy atom. The zero-order valence-corrected chi connectivity index (χ0v) is 15.3. The maximum Gasteiger partial charge on any atom is 0.251 e. The van der Waals surface area contributed by atoms with E-state index in [1.165, 1.54) is 12.4 Å². The minimum Gasteiger partial charge on any atom is -0.472 e. The number of hydrogen-bond acceptors (Lipinski definition) is 8. The van der Waals surface area contributed by atoms with Crippen LogP contribution in [0.3, 0.4) is 0 Å². The molecule has 0 saturated heterocycles. The first-order valence-electron chi connectivity index (χ1n) is 8.23. The Hall–Kier alpha value is -2.51. The van der Waals surface area contributed by atoms with Gasteiger partial charge in [-0.1, -0.05) is 5.16 Å². The Labute approximate surface area is 151 Å². The molecule has 1 aliphatic rings. The van der Waals surface area contributed by atoms with Crippen LogP contribution in [-0.4, -0.2) is 35.7 Å². The lowest BCUT2D eigenvalue weighted by atomic mass is 9.94. The predicted molar refractivity (Wildman–Crippen MR) is 89.7 cm³/mol. The minimum absolute atomic E-state index is 0.106. The smallest absolute Gasteiger partial charge is 0.251 e. The Balaban J connectivity index is 1.60. The van der Waals surface area contributed by atoms with Gasteiger partial charge in [0.25, 0.3) is 5.88 Å². The highest BCUT2D eigenvalue weighted by atomic mass is 32.2. The van der Waals surface area contributed by atoms with Crippen molar-refractivity contribution in [1.29, 1.82) is 5.26 Å². The van der Waals surface area contributed by atoms with Crippen LogP contribution in [-0.2, 0) is 10.0 Å². The molecule has 0 bridgehead atoms. The summed E-state index contributed by atoms with van der Waals surface area (Å²) >= 11 is 0. The molecule has 2 heterocycles. The van der Waals surface area contributed by atoms with Crippen molar-refractivity contribution in [2.75, 3.05) is 0 Å². The van der Waals surface area contributed by atoms with E-state index in [9.17, 15) is 8.42 Å². The molecule has 0 radical (unpaired) electrons. The van der Waals surface area contributed by atoms with Crippen LogP contribution in [0.25, 0.3) is 0 Å². The van der Waals surface area contributed by atoms with Gasteiger partial charge in [0, 0.05) is 18.4 Å². The van der Waals surface area contributed by atoms with E-state index in [0.29, 0.717) is 31.4 Å². The van der Waals surface area contributed by atoms with Gasteiger partial charge < -0.3 is 9.26 Å². The number of nitrogens with zero attached hydrogens (tertiary/aromatic N) is 4. The fraction of sp³-hybridized carbons (Fsp3) is 0.500. The summed E-state index contributed by atoms with van der Waals surface area (Å²) in [6.45, 7) is 3.18. The topological polar surface area (TPSA) is 131 Å². The highest BCUT2D eigenvalue weighted by molar-refractivity contribution is 7.89. The fourth-order valence-corrected chi connectivity index (χ4v) is 4.72. The van der Waals surface area contributed by atoms with Gasteiger partial charge in [-0.2, -0.15) is 5.26 Å². The lowest BCUT2D eigenvalue weighted by Gasteiger charge is -2.29. The van der Waals surface area contributed by atoms with Crippen molar-refractivity contribution in [1.82, 2.24) is 19.8 Å². The van der Waals surface area contributed by atoms with Crippen LogP contribution in [0, 0.1) is 25.2 Å². The Morgan fingerprint density at radius 1 is 1.23 bits per heavy atom. The Morgan fingerprint density at radius 2 is 1.92 bits per heavy atom. The largest absolute Gasteiger partial charge is 0.472 e. The van der Waals surface area contributed by atoms with E-state index in [4.69, 9.17) is 14.5 Å². The van der Waals surface area contributed by atoms with Gasteiger partial charge in [0.1, 0.15) is 22.8 Å². The van der Waals surface area contributed by atoms with E-state index >= 15 is 0 Å². The van der Waals surface area contributed by atoms with Crippen LogP contribution < -0.4 is 9.46 Å². The molecule has 26 heavy (non-hydrogen) atoms. The highest BCUT2D eigenvalue weighted by Gasteiger charge is 2.30. The molecule has 0 spiro atoms. The number of aryl methyl sites for hydroxylation is 2. The molecule has 3 rings (SSSR count). The molecule has 1 fully saturated rings. The van der Waals surface area contributed by atoms with E-state index in [1.807, 2.05) is 6.07 Å². The van der Waals surface area contributed by atoms with Gasteiger partial charge in [-0.3, -0.25) is 0 Å². The van der Waals surface area contributed by atoms with Crippen LogP contribution in [0.2, 0.25) is 0 Å². The summed E-state index contributed by atoms with van der Waals surface area (Å²) in [5.74, 6) is 0.494. The Bertz CT molecular complexity index is 907. The van der Waals surface area contributed by atoms with E-state index < -0.39 is 10.0 Å². The summed E-state index contributed by atoms with van der Waals surface area (Å²) in [7, 11) is -3.68. The predicted octanol–water partition coefficient (Wildman–Crippen LogP) is 1.62. The fourth-order valence-electron chi connectivity index (χ4n) is 3.08. The molecule has 138 valence electrons. The van der Waals surface area contributed by atoms with Crippen LogP contribution in [0.4, 0.5) is 0 Å². The lowest BCUT2D eigenvalue weighted by molar-refractivity contribution is 0.137. The summed E-state index contributed by atoms with van der Waals surface area (Å²) in [6, 6.07) is 1.76. The van der Waals surface area contributed by atoms with Crippen molar-refractivity contribution in [3.05, 3.63) is 29.5 Å². The zero-order valence-electron chi connectivity index (χ0n) is 14.5. The molecule has 0 atom stereocenters. The van der Waals surface area contributed by atoms with Crippen molar-refractivity contribution in [2.24, 2.45) is 0 Å². The number of aromatic nitrogens is 3. The number of ether oxygens (including phenoxy) is 1. The quantitative estimate of drug-likeness (QED) is 0.831. The third-order valence-electron chi connectivity index (χ3n) is 4.28. The first-order valence-corrected chi connectivity index (χ1v) is 9.72. The molecule has 0 aromatic carbocycles. The third kappa shape index (κ3) is 3.84. The van der Waals surface area contributed by atoms with Crippen LogP contribution in [0.5, 0.6) is 5.88 Å². The molecular weight excluding hydrogens is 358 g/mol. The molecule has 1 saturated carbocycles. The van der Waals surface area contributed by atoms with Crippen molar-refractivity contribution in [3.63, 3.8) is 0 Å². The van der Waals surface area contributed by atoms with E-state index in [-0.39, 0.29) is 34.4 Å². The minimum atomic E-state index is -3.68. The molecule has 1 N–H and O–H groups in total. The van der Waals surface area contributed by atoms with Gasteiger partial charge in [0.15, 0.2) is 5.76 Å². The molecule has 0 amide bonds. The molecule has 0 aliphatic heterocycles. The molecular formula is C16H19N5O4S. The van der Waals surface area contributed by atoms with Crippen molar-refractivity contribution in [2.45, 2.75) is 56.6 Å². The third-order valence-corrected chi connectivity index (χ3v) is 6.05. The number of hydrogen-bond donors (Lipinski definition) is 1. The molecule has 9 nitrogen and oxygen atoms in total. The van der Waals surface area contributed by atoms with Gasteiger partial charge in [-0.25, -0.2) is 23.1 Å². The van der Waals surface area contributed by atoms with Crippen LogP contribution in [0.15, 0.2) is 21.8 Å². The first-order chi connectivity index (χ1) is 12.4. The van der Waals surface area contributed by atoms with Gasteiger partial charge in [0.05, 0.1) is 0 Å². The lowest BCUT2D eigenvalue weighted by Crippen LogP contribution is -2.40. The average Bonchev–Trinajstić information content (AvgIpc) is 2.96. The van der Waals surface area contributed by atoms with Gasteiger partial charge in [-0.15, -0.1) is 0 Å². The molecule has 2 aromatic heterocycles. The number of nitriles is 1. The average molecular weight is 377 g/mol. The van der Waals surface area contributed by atoms with Crippen LogP contribution in [0.1, 0.15) is 42.8 Å². The normalized spacial score (nSPS) is 20.5. The molecule has 10 heteroatoms. The highest BCUT2D eigenvalue weighted by Crippen LogP contribution is 2.26. The number of sulfonamides is 1. The summed E-state index contributed by atoms with van der Waals surface area (Å²) in [5, 5.41) is 12.7. The SMILES string of the molecule is Cc1noc(C)c1S(=O)(=O)NC1CCC(Oc2nccnc2C#N)CC1. The molecule has 0 unspecified atom stereocenters. The summed E-state index contributed by atoms with van der Waals surface area (Å²) in [6.07, 6.45) is 5.32. The van der Waals surface area contributed by atoms with E-state index in [1.54, 1.807) is 13.8 Å². The monoisotopic (exact) mass is 377 g/mol. The second-order valence-corrected chi connectivity index (χ2v) is 7.84. The van der Waals surface area contributed by atoms with Crippen molar-refractivity contribution in [3.8, 4) is 11.9 Å². The summed E-state index contributed by atoms with van der Waals surface area (Å²) < 4.78 is 38.6. The molecule has 2 aromatic rings. The maximum atomic E-state index is 12.6. The second kappa shape index (κ2) is 7.39. The first kappa shape index (κ1) is 18.3. The van der Waals surface area contributed by atoms with Gasteiger partial charge in [-0.05, 0) is 39.5 Å². The maximum absolute atomic E-state index is 12.6. The zero-order chi connectivity index (χ0) is 18.7. The second-order valence-electron chi connectivity index (χ2n) is 6.19. The van der Waals surface area contributed by atoms with Crippen molar-refractivity contribution >= 4 is 10.0 Å². The standard InChI is InChI=1S/C16H19N5O4S/c1-10-15(11(2)25-20-10)26(22,23)21-12-3-5-13(6-4-12)24-16-14(9-17)18-7-8-19-16/h7-8,12-13,21H,3-6H2,1-2H3. The van der Waals surface area contributed by atoms with Gasteiger partial charge in [0.2, 0.25) is 15.7 Å². The van der Waals surface area contributed by atoms with E-state index in [0.717, 1.165) is 0 Å². The summed E-state index contributed by atoms with van der Waals surface area (Å²) in [4.78, 5) is 8.06. The summed E-state index contributed by atoms with van der Waals surface area (Å²) in [5.41, 5.74) is 0.493. The molecule has 1 aliphatic carbocycles. The number of nitrogens with one attached hydrogen (secondary N) is 1. The van der Waals surface area contributed by atoms with Crippen LogP contribution >= 0.6 is 0 Å².